The third-order valence-electron chi connectivity index (χ3n) is 2.78. The zero-order valence-corrected chi connectivity index (χ0v) is 11.4. The molecular weight excluding hydrogens is 287 g/mol. The molecule has 0 unspecified atom stereocenters. The fourth-order valence-electron chi connectivity index (χ4n) is 1.75. The topological polar surface area (TPSA) is 72.2 Å². The Morgan fingerprint density at radius 1 is 1.18 bits per heavy atom. The highest BCUT2D eigenvalue weighted by molar-refractivity contribution is 5.98. The number of carbonyl (C=O) groups is 1. The molecule has 0 heterocycles. The Morgan fingerprint density at radius 3 is 2.59 bits per heavy atom. The van der Waals surface area contributed by atoms with Crippen LogP contribution in [0.1, 0.15) is 15.9 Å². The third kappa shape index (κ3) is 3.67. The zero-order chi connectivity index (χ0) is 15.9. The van der Waals surface area contributed by atoms with Crippen molar-refractivity contribution in [1.82, 2.24) is 5.32 Å². The number of nitro benzene ring substituents is 1. The molecule has 0 aliphatic rings. The first-order chi connectivity index (χ1) is 10.6. The lowest BCUT2D eigenvalue weighted by atomic mass is 10.1. The molecule has 5 nitrogen and oxygen atoms in total. The van der Waals surface area contributed by atoms with E-state index >= 15 is 0 Å². The summed E-state index contributed by atoms with van der Waals surface area (Å²) in [5.74, 6) is 4.14. The number of amides is 1. The number of carbonyl (C=O) groups excluding carboxylic acids is 1. The van der Waals surface area contributed by atoms with Crippen LogP contribution in [-0.2, 0) is 0 Å². The fraction of sp³-hybridized carbons (Fsp3) is 0.0625. The van der Waals surface area contributed by atoms with Crippen molar-refractivity contribution in [2.75, 3.05) is 6.54 Å². The van der Waals surface area contributed by atoms with E-state index in [9.17, 15) is 19.3 Å². The van der Waals surface area contributed by atoms with Gasteiger partial charge in [0.05, 0.1) is 17.0 Å². The Bertz CT molecular complexity index is 778. The van der Waals surface area contributed by atoms with Crippen LogP contribution in [-0.4, -0.2) is 17.4 Å². The molecule has 0 bridgehead atoms. The van der Waals surface area contributed by atoms with Crippen LogP contribution in [0.3, 0.4) is 0 Å². The van der Waals surface area contributed by atoms with E-state index in [1.165, 1.54) is 36.4 Å². The Morgan fingerprint density at radius 2 is 1.86 bits per heavy atom. The van der Waals surface area contributed by atoms with Crippen molar-refractivity contribution in [3.63, 3.8) is 0 Å². The van der Waals surface area contributed by atoms with Gasteiger partial charge in [-0.15, -0.1) is 0 Å². The Hall–Kier alpha value is -3.20. The van der Waals surface area contributed by atoms with Crippen molar-refractivity contribution in [3.8, 4) is 11.8 Å². The van der Waals surface area contributed by atoms with E-state index in [2.05, 4.69) is 17.2 Å². The maximum atomic E-state index is 13.3. The molecule has 2 aromatic carbocycles. The van der Waals surface area contributed by atoms with Gasteiger partial charge < -0.3 is 5.32 Å². The molecule has 2 rings (SSSR count). The van der Waals surface area contributed by atoms with Crippen molar-refractivity contribution < 1.29 is 14.1 Å². The third-order valence-corrected chi connectivity index (χ3v) is 2.78. The lowest BCUT2D eigenvalue weighted by Gasteiger charge is -2.02. The normalized spacial score (nSPS) is 9.50. The molecule has 6 heteroatoms. The molecular formula is C16H11FN2O3. The largest absolute Gasteiger partial charge is 0.341 e. The minimum absolute atomic E-state index is 0.0415. The Balaban J connectivity index is 2.03. The van der Waals surface area contributed by atoms with Gasteiger partial charge in [-0.2, -0.15) is 0 Å². The van der Waals surface area contributed by atoms with Gasteiger partial charge in [0.25, 0.3) is 11.6 Å². The second-order valence-electron chi connectivity index (χ2n) is 4.24. The standard InChI is InChI=1S/C16H11FN2O3/c17-14-9-3-1-6-12(14)7-5-11-18-16(20)13-8-2-4-10-15(13)19(21)22/h1-4,6,8-10H,11H2,(H,18,20). The van der Waals surface area contributed by atoms with Crippen LogP contribution in [0, 0.1) is 27.8 Å². The average Bonchev–Trinajstić information content (AvgIpc) is 2.52. The van der Waals surface area contributed by atoms with Gasteiger partial charge in [-0.05, 0) is 18.2 Å². The summed E-state index contributed by atoms with van der Waals surface area (Å²) < 4.78 is 13.3. The summed E-state index contributed by atoms with van der Waals surface area (Å²) in [6, 6.07) is 11.6. The number of rotatable bonds is 3. The summed E-state index contributed by atoms with van der Waals surface area (Å²) in [5, 5.41) is 13.3. The average molecular weight is 298 g/mol. The summed E-state index contributed by atoms with van der Waals surface area (Å²) in [4.78, 5) is 22.1. The number of nitro groups is 1. The molecule has 0 aliphatic carbocycles. The van der Waals surface area contributed by atoms with Gasteiger partial charge in [0, 0.05) is 6.07 Å². The summed E-state index contributed by atoms with van der Waals surface area (Å²) in [5.41, 5.74) is -0.0929. The van der Waals surface area contributed by atoms with Crippen molar-refractivity contribution in [2.45, 2.75) is 0 Å². The lowest BCUT2D eigenvalue weighted by Crippen LogP contribution is -2.24. The highest BCUT2D eigenvalue weighted by Gasteiger charge is 2.18. The van der Waals surface area contributed by atoms with Gasteiger partial charge in [-0.25, -0.2) is 4.39 Å². The molecule has 0 radical (unpaired) electrons. The smallest absolute Gasteiger partial charge is 0.282 e. The van der Waals surface area contributed by atoms with Gasteiger partial charge in [0.15, 0.2) is 0 Å². The number of hydrogen-bond donors (Lipinski definition) is 1. The van der Waals surface area contributed by atoms with E-state index in [0.29, 0.717) is 0 Å². The molecule has 1 amide bonds. The molecule has 0 saturated carbocycles. The van der Waals surface area contributed by atoms with Gasteiger partial charge in [-0.3, -0.25) is 14.9 Å². The Kier molecular flexibility index (Phi) is 4.83. The number of nitrogens with one attached hydrogen (secondary N) is 1. The molecule has 22 heavy (non-hydrogen) atoms. The summed E-state index contributed by atoms with van der Waals surface area (Å²) in [7, 11) is 0. The number of benzene rings is 2. The molecule has 2 aromatic rings. The maximum Gasteiger partial charge on any atom is 0.282 e. The quantitative estimate of drug-likeness (QED) is 0.537. The van der Waals surface area contributed by atoms with Crippen molar-refractivity contribution in [3.05, 3.63) is 75.6 Å². The number of halogens is 1. The minimum atomic E-state index is -0.625. The van der Waals surface area contributed by atoms with Gasteiger partial charge in [0.1, 0.15) is 11.4 Å². The molecule has 0 aliphatic heterocycles. The predicted molar refractivity (Wildman–Crippen MR) is 78.7 cm³/mol. The molecule has 110 valence electrons. The molecule has 0 spiro atoms. The summed E-state index contributed by atoms with van der Waals surface area (Å²) in [6.07, 6.45) is 0. The molecule has 0 atom stereocenters. The first-order valence-electron chi connectivity index (χ1n) is 6.34. The Labute approximate surface area is 125 Å². The first-order valence-corrected chi connectivity index (χ1v) is 6.34. The number of para-hydroxylation sites is 1. The van der Waals surface area contributed by atoms with E-state index in [1.807, 2.05) is 0 Å². The summed E-state index contributed by atoms with van der Waals surface area (Å²) >= 11 is 0. The first kappa shape index (κ1) is 15.2. The minimum Gasteiger partial charge on any atom is -0.341 e. The SMILES string of the molecule is O=C(NCC#Cc1ccccc1F)c1ccccc1[N+](=O)[O-]. The van der Waals surface area contributed by atoms with Crippen LogP contribution in [0.4, 0.5) is 10.1 Å². The fourth-order valence-corrected chi connectivity index (χ4v) is 1.75. The van der Waals surface area contributed by atoms with Gasteiger partial charge in [-0.1, -0.05) is 36.1 Å². The van der Waals surface area contributed by atoms with Crippen LogP contribution in [0.5, 0.6) is 0 Å². The van der Waals surface area contributed by atoms with Crippen molar-refractivity contribution >= 4 is 11.6 Å². The van der Waals surface area contributed by atoms with Crippen LogP contribution in [0.25, 0.3) is 0 Å². The maximum absolute atomic E-state index is 13.3. The predicted octanol–water partition coefficient (Wildman–Crippen LogP) is 2.52. The van der Waals surface area contributed by atoms with Crippen LogP contribution in [0.2, 0.25) is 0 Å². The summed E-state index contributed by atoms with van der Waals surface area (Å²) in [6.45, 7) is -0.0424. The van der Waals surface area contributed by atoms with Gasteiger partial charge in [0.2, 0.25) is 0 Å². The number of nitrogens with zero attached hydrogens (tertiary/aromatic N) is 1. The van der Waals surface area contributed by atoms with E-state index in [-0.39, 0.29) is 23.4 Å². The van der Waals surface area contributed by atoms with E-state index in [0.717, 1.165) is 0 Å². The van der Waals surface area contributed by atoms with Crippen LogP contribution in [0.15, 0.2) is 48.5 Å². The zero-order valence-electron chi connectivity index (χ0n) is 11.4. The van der Waals surface area contributed by atoms with Crippen LogP contribution < -0.4 is 5.32 Å². The molecule has 0 saturated heterocycles. The number of hydrogen-bond acceptors (Lipinski definition) is 3. The van der Waals surface area contributed by atoms with Crippen molar-refractivity contribution in [2.24, 2.45) is 0 Å². The van der Waals surface area contributed by atoms with E-state index in [1.54, 1.807) is 12.1 Å². The second-order valence-corrected chi connectivity index (χ2v) is 4.24. The van der Waals surface area contributed by atoms with E-state index < -0.39 is 16.6 Å². The lowest BCUT2D eigenvalue weighted by molar-refractivity contribution is -0.385. The molecule has 0 aromatic heterocycles. The molecule has 1 N–H and O–H groups in total. The van der Waals surface area contributed by atoms with Crippen molar-refractivity contribution in [1.29, 1.82) is 0 Å². The molecule has 0 fully saturated rings. The van der Waals surface area contributed by atoms with E-state index in [4.69, 9.17) is 0 Å². The monoisotopic (exact) mass is 298 g/mol. The highest BCUT2D eigenvalue weighted by Crippen LogP contribution is 2.17. The van der Waals surface area contributed by atoms with Gasteiger partial charge >= 0.3 is 0 Å². The highest BCUT2D eigenvalue weighted by atomic mass is 19.1. The van der Waals surface area contributed by atoms with Crippen LogP contribution >= 0.6 is 0 Å². The second kappa shape index (κ2) is 6.99.